The van der Waals surface area contributed by atoms with Gasteiger partial charge in [-0.3, -0.25) is 24.7 Å². The van der Waals surface area contributed by atoms with E-state index in [1.807, 2.05) is 0 Å². The van der Waals surface area contributed by atoms with Gasteiger partial charge in [0.2, 0.25) is 0 Å². The summed E-state index contributed by atoms with van der Waals surface area (Å²) in [7, 11) is 0. The predicted molar refractivity (Wildman–Crippen MR) is 109 cm³/mol. The van der Waals surface area contributed by atoms with E-state index in [4.69, 9.17) is 11.6 Å². The van der Waals surface area contributed by atoms with E-state index in [0.717, 1.165) is 6.07 Å². The summed E-state index contributed by atoms with van der Waals surface area (Å²) in [6, 6.07) is 16.6. The fourth-order valence-electron chi connectivity index (χ4n) is 3.08. The van der Waals surface area contributed by atoms with Crippen molar-refractivity contribution in [2.24, 2.45) is 9.98 Å². The van der Waals surface area contributed by atoms with E-state index < -0.39 is 22.8 Å². The maximum Gasteiger partial charge on any atom is 0.288 e. The van der Waals surface area contributed by atoms with Crippen molar-refractivity contribution >= 4 is 34.8 Å². The van der Waals surface area contributed by atoms with Crippen molar-refractivity contribution in [3.63, 3.8) is 0 Å². The lowest BCUT2D eigenvalue weighted by atomic mass is 10.0. The summed E-state index contributed by atoms with van der Waals surface area (Å²) >= 11 is 5.81. The molecule has 2 amide bonds. The van der Waals surface area contributed by atoms with Crippen molar-refractivity contribution in [1.29, 1.82) is 0 Å². The second-order valence-corrected chi connectivity index (χ2v) is 6.84. The fourth-order valence-corrected chi connectivity index (χ4v) is 3.27. The first-order valence-electron chi connectivity index (χ1n) is 8.84. The molecule has 30 heavy (non-hydrogen) atoms. The first kappa shape index (κ1) is 19.4. The number of para-hydroxylation sites is 3. The molecule has 0 saturated heterocycles. The Hall–Kier alpha value is -3.91. The van der Waals surface area contributed by atoms with Crippen LogP contribution in [0.2, 0.25) is 5.02 Å². The van der Waals surface area contributed by atoms with Gasteiger partial charge in [0.1, 0.15) is 5.02 Å². The number of halogens is 1. The number of amides is 2. The zero-order valence-electron chi connectivity index (χ0n) is 15.3. The van der Waals surface area contributed by atoms with E-state index in [1.165, 1.54) is 12.1 Å². The molecule has 1 N–H and O–H groups in total. The van der Waals surface area contributed by atoms with E-state index in [2.05, 4.69) is 15.3 Å². The van der Waals surface area contributed by atoms with Gasteiger partial charge in [-0.2, -0.15) is 0 Å². The first-order chi connectivity index (χ1) is 14.4. The number of rotatable bonds is 4. The highest BCUT2D eigenvalue weighted by molar-refractivity contribution is 6.32. The van der Waals surface area contributed by atoms with E-state index >= 15 is 0 Å². The van der Waals surface area contributed by atoms with Gasteiger partial charge in [-0.15, -0.1) is 0 Å². The number of anilines is 1. The average Bonchev–Trinajstić information content (AvgIpc) is 2.74. The monoisotopic (exact) mass is 420 g/mol. The molecule has 8 nitrogen and oxygen atoms in total. The minimum absolute atomic E-state index is 0.0582. The smallest absolute Gasteiger partial charge is 0.288 e. The molecule has 0 radical (unpaired) electrons. The van der Waals surface area contributed by atoms with Crippen LogP contribution < -0.4 is 16.0 Å². The number of nitrogens with zero attached hydrogens (tertiary/aromatic N) is 3. The van der Waals surface area contributed by atoms with Crippen LogP contribution in [0, 0.1) is 10.1 Å². The molecule has 1 unspecified atom stereocenters. The second kappa shape index (κ2) is 7.84. The lowest BCUT2D eigenvalue weighted by Gasteiger charge is -2.17. The molecule has 0 aliphatic carbocycles. The Morgan fingerprint density at radius 1 is 1.03 bits per heavy atom. The minimum Gasteiger partial charge on any atom is -0.322 e. The van der Waals surface area contributed by atoms with E-state index in [0.29, 0.717) is 22.0 Å². The molecular weight excluding hydrogens is 408 g/mol. The summed E-state index contributed by atoms with van der Waals surface area (Å²) in [5.74, 6) is -1.03. The summed E-state index contributed by atoms with van der Waals surface area (Å²) < 4.78 is 0. The third-order valence-corrected chi connectivity index (χ3v) is 4.84. The molecule has 0 fully saturated rings. The van der Waals surface area contributed by atoms with Crippen LogP contribution in [0.4, 0.5) is 11.4 Å². The van der Waals surface area contributed by atoms with Gasteiger partial charge in [0.05, 0.1) is 15.6 Å². The number of nitrogens with one attached hydrogen (secondary N) is 1. The lowest BCUT2D eigenvalue weighted by Crippen LogP contribution is -2.33. The predicted octanol–water partition coefficient (Wildman–Crippen LogP) is 3.02. The van der Waals surface area contributed by atoms with Crippen molar-refractivity contribution in [2.45, 2.75) is 6.04 Å². The summed E-state index contributed by atoms with van der Waals surface area (Å²) in [4.78, 5) is 44.3. The van der Waals surface area contributed by atoms with Crippen molar-refractivity contribution in [2.75, 3.05) is 5.32 Å². The highest BCUT2D eigenvalue weighted by Crippen LogP contribution is 2.29. The number of carbonyl (C=O) groups excluding carboxylic acids is 2. The Bertz CT molecular complexity index is 1320. The second-order valence-electron chi connectivity index (χ2n) is 6.44. The molecular formula is C21H13ClN4O4. The average molecular weight is 421 g/mol. The quantitative estimate of drug-likeness (QED) is 0.516. The highest BCUT2D eigenvalue weighted by atomic mass is 35.5. The maximum absolute atomic E-state index is 12.7. The maximum atomic E-state index is 12.7. The zero-order chi connectivity index (χ0) is 21.3. The van der Waals surface area contributed by atoms with Crippen LogP contribution in [0.15, 0.2) is 76.7 Å². The minimum atomic E-state index is -0.907. The molecule has 0 saturated carbocycles. The Balaban J connectivity index is 1.69. The number of fused-ring (bicyclic) bond motifs is 1. The summed E-state index contributed by atoms with van der Waals surface area (Å²) in [5.41, 5.74) is 0.516. The molecule has 0 spiro atoms. The third kappa shape index (κ3) is 3.68. The van der Waals surface area contributed by atoms with Gasteiger partial charge in [0, 0.05) is 22.9 Å². The highest BCUT2D eigenvalue weighted by Gasteiger charge is 2.25. The molecule has 1 aliphatic rings. The topological polar surface area (TPSA) is 114 Å². The van der Waals surface area contributed by atoms with Crippen LogP contribution in [-0.2, 0) is 4.79 Å². The number of benzene rings is 3. The third-order valence-electron chi connectivity index (χ3n) is 4.52. The molecule has 4 rings (SSSR count). The van der Waals surface area contributed by atoms with Gasteiger partial charge in [-0.05, 0) is 30.3 Å². The molecule has 3 aromatic rings. The molecule has 0 aromatic heterocycles. The molecule has 1 atom stereocenters. The lowest BCUT2D eigenvalue weighted by molar-refractivity contribution is -0.384. The summed E-state index contributed by atoms with van der Waals surface area (Å²) in [5, 5.41) is 14.8. The Morgan fingerprint density at radius 3 is 2.50 bits per heavy atom. The largest absolute Gasteiger partial charge is 0.322 e. The summed E-state index contributed by atoms with van der Waals surface area (Å²) in [6.45, 7) is 0. The van der Waals surface area contributed by atoms with Crippen molar-refractivity contribution in [1.82, 2.24) is 0 Å². The zero-order valence-corrected chi connectivity index (χ0v) is 16.0. The van der Waals surface area contributed by atoms with Gasteiger partial charge in [-0.1, -0.05) is 41.9 Å². The van der Waals surface area contributed by atoms with Crippen molar-refractivity contribution in [3.8, 4) is 0 Å². The van der Waals surface area contributed by atoms with E-state index in [9.17, 15) is 19.7 Å². The number of nitro groups is 1. The molecule has 3 aromatic carbocycles. The van der Waals surface area contributed by atoms with E-state index in [1.54, 1.807) is 48.5 Å². The number of nitro benzene ring substituents is 1. The van der Waals surface area contributed by atoms with Crippen LogP contribution in [0.3, 0.4) is 0 Å². The van der Waals surface area contributed by atoms with Gasteiger partial charge >= 0.3 is 0 Å². The van der Waals surface area contributed by atoms with Gasteiger partial charge < -0.3 is 5.32 Å². The van der Waals surface area contributed by atoms with Crippen molar-refractivity contribution in [3.05, 3.63) is 104 Å². The Morgan fingerprint density at radius 2 is 1.73 bits per heavy atom. The number of carbonyl (C=O) groups is 2. The molecule has 1 heterocycles. The van der Waals surface area contributed by atoms with Crippen LogP contribution in [0.1, 0.15) is 22.0 Å². The first-order valence-corrected chi connectivity index (χ1v) is 9.21. The normalized spacial score (nSPS) is 14.8. The van der Waals surface area contributed by atoms with Gasteiger partial charge in [0.15, 0.2) is 6.04 Å². The Kier molecular flexibility index (Phi) is 5.07. The Labute approximate surface area is 174 Å². The van der Waals surface area contributed by atoms with Crippen LogP contribution in [0.5, 0.6) is 0 Å². The number of hydrogen-bond acceptors (Lipinski definition) is 5. The van der Waals surface area contributed by atoms with Crippen molar-refractivity contribution < 1.29 is 14.5 Å². The molecule has 0 bridgehead atoms. The van der Waals surface area contributed by atoms with Gasteiger partial charge in [0.25, 0.3) is 17.5 Å². The number of hydrogen-bond donors (Lipinski definition) is 1. The van der Waals surface area contributed by atoms with Crippen LogP contribution in [-0.4, -0.2) is 16.7 Å². The fraction of sp³-hybridized carbons (Fsp3) is 0.0476. The van der Waals surface area contributed by atoms with Crippen LogP contribution >= 0.6 is 11.6 Å². The molecule has 1 aliphatic heterocycles. The van der Waals surface area contributed by atoms with Gasteiger partial charge in [-0.25, -0.2) is 4.99 Å². The SMILES string of the molecule is O=C(Nc1ccccc1C1N=c2ccccc2=NC1=O)c1ccc(Cl)c([N+](=O)[O-])c1. The molecule has 148 valence electrons. The van der Waals surface area contributed by atoms with E-state index in [-0.39, 0.29) is 16.3 Å². The summed E-state index contributed by atoms with van der Waals surface area (Å²) in [6.07, 6.45) is 0. The molecule has 9 heteroatoms. The van der Waals surface area contributed by atoms with Crippen LogP contribution in [0.25, 0.3) is 0 Å². The standard InChI is InChI=1S/C21H13ClN4O4/c22-14-10-9-12(11-18(14)26(29)30)20(27)24-15-6-2-1-5-13(15)19-21(28)25-17-8-4-3-7-16(17)23-19/h1-11,19H,(H,24,27).